The SMILES string of the molecule is Cc1cc(C(C)(C)C)cc(C)c1/C=C/C1=C([Si](C)(C)C)C([Si](C)(C)C)=C1[Si](C)(C)C. The van der Waals surface area contributed by atoms with E-state index in [-0.39, 0.29) is 5.41 Å². The predicted octanol–water partition coefficient (Wildman–Crippen LogP) is 8.85. The number of rotatable bonds is 5. The van der Waals surface area contributed by atoms with Crippen molar-refractivity contribution >= 4 is 30.3 Å². The standard InChI is InChI=1S/C27H46Si3/c1-19-17-21(27(3,4)5)18-20(2)22(19)15-16-23-24(28(6,7)8)26(30(12,13)14)25(23)29(9,10)11/h15-18H,1-14H3/b16-15+. The minimum absolute atomic E-state index is 0.194. The largest absolute Gasteiger partial charge is 0.0782 e. The van der Waals surface area contributed by atoms with Gasteiger partial charge in [0.25, 0.3) is 0 Å². The summed E-state index contributed by atoms with van der Waals surface area (Å²) in [7, 11) is -4.17. The Hall–Kier alpha value is -0.909. The molecule has 1 aromatic carbocycles. The number of allylic oxidation sites excluding steroid dienone is 5. The summed E-state index contributed by atoms with van der Waals surface area (Å²) < 4.78 is 0. The van der Waals surface area contributed by atoms with Crippen LogP contribution >= 0.6 is 0 Å². The first-order valence-electron chi connectivity index (χ1n) is 11.6. The molecule has 0 radical (unpaired) electrons. The van der Waals surface area contributed by atoms with Crippen LogP contribution in [0.2, 0.25) is 58.9 Å². The van der Waals surface area contributed by atoms with Crippen molar-refractivity contribution in [3.63, 3.8) is 0 Å². The number of aryl methyl sites for hydroxylation is 2. The van der Waals surface area contributed by atoms with Crippen molar-refractivity contribution in [3.8, 4) is 0 Å². The minimum Gasteiger partial charge on any atom is -0.0656 e. The van der Waals surface area contributed by atoms with E-state index in [1.54, 1.807) is 16.0 Å². The molecule has 0 spiro atoms. The molecule has 0 saturated heterocycles. The zero-order chi connectivity index (χ0) is 23.4. The molecule has 0 atom stereocenters. The van der Waals surface area contributed by atoms with Crippen molar-refractivity contribution in [2.75, 3.05) is 0 Å². The fraction of sp³-hybridized carbons (Fsp3) is 0.556. The monoisotopic (exact) mass is 454 g/mol. The Morgan fingerprint density at radius 2 is 1.00 bits per heavy atom. The molecule has 0 N–H and O–H groups in total. The van der Waals surface area contributed by atoms with Gasteiger partial charge in [-0.2, -0.15) is 0 Å². The summed E-state index contributed by atoms with van der Waals surface area (Å²) in [6, 6.07) is 4.79. The molecule has 0 aromatic heterocycles. The molecule has 0 unspecified atom stereocenters. The second-order valence-electron chi connectivity index (χ2n) is 13.4. The van der Waals surface area contributed by atoms with E-state index in [4.69, 9.17) is 0 Å². The lowest BCUT2D eigenvalue weighted by molar-refractivity contribution is 0.589. The van der Waals surface area contributed by atoms with Gasteiger partial charge in [0.05, 0.1) is 24.2 Å². The summed E-state index contributed by atoms with van der Waals surface area (Å²) in [6.45, 7) is 34.3. The van der Waals surface area contributed by atoms with Gasteiger partial charge in [0, 0.05) is 0 Å². The Labute approximate surface area is 190 Å². The summed E-state index contributed by atoms with van der Waals surface area (Å²) in [6.07, 6.45) is 4.92. The Kier molecular flexibility index (Phi) is 6.67. The number of hydrogen-bond donors (Lipinski definition) is 0. The van der Waals surface area contributed by atoms with Crippen LogP contribution in [0.5, 0.6) is 0 Å². The molecule has 1 aliphatic rings. The lowest BCUT2D eigenvalue weighted by Gasteiger charge is -2.46. The van der Waals surface area contributed by atoms with E-state index in [0.29, 0.717) is 0 Å². The highest BCUT2D eigenvalue weighted by molar-refractivity contribution is 6.97. The fourth-order valence-corrected chi connectivity index (χ4v) is 15.1. The van der Waals surface area contributed by atoms with Gasteiger partial charge in [0.2, 0.25) is 0 Å². The van der Waals surface area contributed by atoms with Crippen LogP contribution in [0.3, 0.4) is 0 Å². The molecule has 30 heavy (non-hydrogen) atoms. The highest BCUT2D eigenvalue weighted by atomic mass is 28.3. The smallest absolute Gasteiger partial charge is 0.0656 e. The molecule has 0 nitrogen and oxygen atoms in total. The van der Waals surface area contributed by atoms with E-state index in [1.807, 2.05) is 5.20 Å². The third-order valence-corrected chi connectivity index (χ3v) is 12.7. The van der Waals surface area contributed by atoms with Crippen LogP contribution in [0.15, 0.2) is 39.4 Å². The molecule has 2 rings (SSSR count). The van der Waals surface area contributed by atoms with E-state index < -0.39 is 24.2 Å². The van der Waals surface area contributed by atoms with Crippen LogP contribution < -0.4 is 0 Å². The minimum atomic E-state index is -1.40. The number of hydrogen-bond acceptors (Lipinski definition) is 0. The summed E-state index contributed by atoms with van der Waals surface area (Å²) in [4.78, 5) is 0. The molecular weight excluding hydrogens is 409 g/mol. The Balaban J connectivity index is 2.64. The lowest BCUT2D eigenvalue weighted by atomic mass is 9.83. The maximum Gasteiger partial charge on any atom is 0.0782 e. The molecular formula is C27H46Si3. The molecule has 166 valence electrons. The molecule has 3 heteroatoms. The van der Waals surface area contributed by atoms with Crippen molar-refractivity contribution in [1.29, 1.82) is 0 Å². The van der Waals surface area contributed by atoms with Gasteiger partial charge in [-0.1, -0.05) is 120 Å². The van der Waals surface area contributed by atoms with Crippen molar-refractivity contribution in [3.05, 3.63) is 61.6 Å². The summed E-state index contributed by atoms with van der Waals surface area (Å²) >= 11 is 0. The average Bonchev–Trinajstić information content (AvgIpc) is 2.42. The van der Waals surface area contributed by atoms with Gasteiger partial charge in [-0.3, -0.25) is 0 Å². The Morgan fingerprint density at radius 3 is 1.33 bits per heavy atom. The quantitative estimate of drug-likeness (QED) is 0.390. The van der Waals surface area contributed by atoms with Gasteiger partial charge in [0.15, 0.2) is 0 Å². The van der Waals surface area contributed by atoms with Gasteiger partial charge < -0.3 is 0 Å². The molecule has 0 bridgehead atoms. The first-order chi connectivity index (χ1) is 13.3. The Bertz CT molecular complexity index is 905. The Morgan fingerprint density at radius 1 is 0.600 bits per heavy atom. The van der Waals surface area contributed by atoms with Gasteiger partial charge in [-0.15, -0.1) is 0 Å². The van der Waals surface area contributed by atoms with Crippen LogP contribution in [-0.2, 0) is 5.41 Å². The molecule has 0 heterocycles. The molecule has 1 aromatic rings. The van der Waals surface area contributed by atoms with Crippen molar-refractivity contribution in [2.45, 2.75) is 99.0 Å². The van der Waals surface area contributed by atoms with E-state index >= 15 is 0 Å². The third kappa shape index (κ3) is 5.11. The second-order valence-corrected chi connectivity index (χ2v) is 28.4. The van der Waals surface area contributed by atoms with Crippen molar-refractivity contribution < 1.29 is 0 Å². The molecule has 0 saturated carbocycles. The van der Waals surface area contributed by atoms with Gasteiger partial charge in [0.1, 0.15) is 0 Å². The predicted molar refractivity (Wildman–Crippen MR) is 148 cm³/mol. The summed E-state index contributed by atoms with van der Waals surface area (Å²) in [5, 5.41) is 5.38. The second kappa shape index (κ2) is 7.90. The van der Waals surface area contributed by atoms with Crippen LogP contribution in [0.1, 0.15) is 43.0 Å². The van der Waals surface area contributed by atoms with E-state index in [2.05, 4.69) is 118 Å². The number of benzene rings is 1. The lowest BCUT2D eigenvalue weighted by Crippen LogP contribution is -2.46. The van der Waals surface area contributed by atoms with Gasteiger partial charge in [-0.25, -0.2) is 0 Å². The average molecular weight is 455 g/mol. The first kappa shape index (κ1) is 25.4. The van der Waals surface area contributed by atoms with Crippen LogP contribution in [0, 0.1) is 13.8 Å². The highest BCUT2D eigenvalue weighted by Crippen LogP contribution is 2.49. The summed E-state index contributed by atoms with van der Waals surface area (Å²) in [5.74, 6) is 0. The highest BCUT2D eigenvalue weighted by Gasteiger charge is 2.44. The van der Waals surface area contributed by atoms with Crippen molar-refractivity contribution in [2.24, 2.45) is 0 Å². The molecule has 0 fully saturated rings. The fourth-order valence-electron chi connectivity index (χ4n) is 4.77. The molecule has 0 aliphatic heterocycles. The topological polar surface area (TPSA) is 0 Å². The van der Waals surface area contributed by atoms with E-state index in [9.17, 15) is 0 Å². The maximum atomic E-state index is 2.54. The van der Waals surface area contributed by atoms with E-state index in [0.717, 1.165) is 0 Å². The maximum absolute atomic E-state index is 2.54. The van der Waals surface area contributed by atoms with E-state index in [1.165, 1.54) is 22.3 Å². The van der Waals surface area contributed by atoms with Gasteiger partial charge in [-0.05, 0) is 47.1 Å². The van der Waals surface area contributed by atoms with Crippen LogP contribution in [0.25, 0.3) is 6.08 Å². The van der Waals surface area contributed by atoms with Crippen LogP contribution in [-0.4, -0.2) is 24.2 Å². The zero-order valence-electron chi connectivity index (χ0n) is 22.3. The molecule has 1 aliphatic carbocycles. The zero-order valence-corrected chi connectivity index (χ0v) is 25.3. The van der Waals surface area contributed by atoms with Crippen molar-refractivity contribution in [1.82, 2.24) is 0 Å². The third-order valence-electron chi connectivity index (χ3n) is 6.17. The van der Waals surface area contributed by atoms with Gasteiger partial charge >= 0.3 is 0 Å². The summed E-state index contributed by atoms with van der Waals surface area (Å²) in [5.41, 5.74) is 7.44. The first-order valence-corrected chi connectivity index (χ1v) is 22.1. The molecule has 0 amide bonds. The normalized spacial score (nSPS) is 16.6. The van der Waals surface area contributed by atoms with Crippen LogP contribution in [0.4, 0.5) is 0 Å².